The first-order valence-electron chi connectivity index (χ1n) is 9.15. The van der Waals surface area contributed by atoms with Crippen LogP contribution in [0.1, 0.15) is 30.0 Å². The second kappa shape index (κ2) is 8.56. The molecule has 1 aromatic heterocycles. The highest BCUT2D eigenvalue weighted by Gasteiger charge is 2.22. The minimum absolute atomic E-state index is 0.00430. The van der Waals surface area contributed by atoms with Gasteiger partial charge in [0, 0.05) is 42.7 Å². The van der Waals surface area contributed by atoms with Gasteiger partial charge in [0.05, 0.1) is 4.92 Å². The zero-order chi connectivity index (χ0) is 21.8. The summed E-state index contributed by atoms with van der Waals surface area (Å²) >= 11 is 0. The Bertz CT molecular complexity index is 1100. The number of ether oxygens (including phenoxy) is 1. The maximum absolute atomic E-state index is 12.6. The highest BCUT2D eigenvalue weighted by molar-refractivity contribution is 6.07. The van der Waals surface area contributed by atoms with Crippen molar-refractivity contribution >= 4 is 23.1 Å². The standard InChI is InChI=1S/C21H20N4O5/c1-13(2)21(27)23-15-5-7-16(8-6-15)30-18-9-4-14(12-17(18)25(28)29)19(26)20-22-10-11-24(20)3/h4-13H,1-3H3,(H,23,27). The molecular weight excluding hydrogens is 388 g/mol. The predicted octanol–water partition coefficient (Wildman–Crippen LogP) is 3.95. The number of nitro groups is 1. The van der Waals surface area contributed by atoms with Gasteiger partial charge in [-0.05, 0) is 36.4 Å². The number of amides is 1. The summed E-state index contributed by atoms with van der Waals surface area (Å²) in [6.07, 6.45) is 3.10. The van der Waals surface area contributed by atoms with Gasteiger partial charge in [-0.25, -0.2) is 4.98 Å². The quantitative estimate of drug-likeness (QED) is 0.359. The smallest absolute Gasteiger partial charge is 0.312 e. The second-order valence-corrected chi connectivity index (χ2v) is 6.90. The Balaban J connectivity index is 1.82. The lowest BCUT2D eigenvalue weighted by Crippen LogP contribution is -2.17. The molecule has 0 saturated carbocycles. The van der Waals surface area contributed by atoms with Gasteiger partial charge in [0.15, 0.2) is 5.82 Å². The van der Waals surface area contributed by atoms with Gasteiger partial charge in [-0.3, -0.25) is 19.7 Å². The third-order valence-electron chi connectivity index (χ3n) is 4.32. The van der Waals surface area contributed by atoms with E-state index in [1.807, 2.05) is 0 Å². The summed E-state index contributed by atoms with van der Waals surface area (Å²) in [6, 6.07) is 10.5. The fraction of sp³-hybridized carbons (Fsp3) is 0.190. The molecule has 0 aliphatic carbocycles. The number of carbonyl (C=O) groups excluding carboxylic acids is 2. The SMILES string of the molecule is CC(C)C(=O)Nc1ccc(Oc2ccc(C(=O)c3nccn3C)cc2[N+](=O)[O-])cc1. The average molecular weight is 408 g/mol. The van der Waals surface area contributed by atoms with Gasteiger partial charge in [0.1, 0.15) is 5.75 Å². The van der Waals surface area contributed by atoms with Crippen LogP contribution in [0.25, 0.3) is 0 Å². The van der Waals surface area contributed by atoms with Crippen molar-refractivity contribution in [1.82, 2.24) is 9.55 Å². The van der Waals surface area contributed by atoms with Crippen LogP contribution >= 0.6 is 0 Å². The summed E-state index contributed by atoms with van der Waals surface area (Å²) in [7, 11) is 1.67. The minimum Gasteiger partial charge on any atom is -0.450 e. The van der Waals surface area contributed by atoms with E-state index in [9.17, 15) is 19.7 Å². The second-order valence-electron chi connectivity index (χ2n) is 6.90. The van der Waals surface area contributed by atoms with E-state index in [1.165, 1.54) is 29.0 Å². The number of aryl methyl sites for hydroxylation is 1. The van der Waals surface area contributed by atoms with Gasteiger partial charge < -0.3 is 14.6 Å². The minimum atomic E-state index is -0.609. The number of rotatable bonds is 7. The summed E-state index contributed by atoms with van der Waals surface area (Å²) < 4.78 is 7.18. The molecule has 154 valence electrons. The number of anilines is 1. The molecule has 0 saturated heterocycles. The van der Waals surface area contributed by atoms with Crippen molar-refractivity contribution in [3.8, 4) is 11.5 Å². The molecule has 9 nitrogen and oxygen atoms in total. The molecule has 0 radical (unpaired) electrons. The summed E-state index contributed by atoms with van der Waals surface area (Å²) in [5, 5.41) is 14.3. The molecule has 0 bridgehead atoms. The summed E-state index contributed by atoms with van der Waals surface area (Å²) in [6.45, 7) is 3.57. The van der Waals surface area contributed by atoms with E-state index >= 15 is 0 Å². The first-order chi connectivity index (χ1) is 14.3. The number of hydrogen-bond donors (Lipinski definition) is 1. The third-order valence-corrected chi connectivity index (χ3v) is 4.32. The molecule has 1 heterocycles. The number of imidazole rings is 1. The highest BCUT2D eigenvalue weighted by Crippen LogP contribution is 2.33. The largest absolute Gasteiger partial charge is 0.450 e. The van der Waals surface area contributed by atoms with Crippen LogP contribution in [0.3, 0.4) is 0 Å². The molecule has 0 spiro atoms. The fourth-order valence-electron chi connectivity index (χ4n) is 2.62. The number of benzene rings is 2. The molecule has 30 heavy (non-hydrogen) atoms. The van der Waals surface area contributed by atoms with Crippen LogP contribution in [0.4, 0.5) is 11.4 Å². The van der Waals surface area contributed by atoms with Crippen molar-refractivity contribution in [3.63, 3.8) is 0 Å². The Morgan fingerprint density at radius 2 is 1.87 bits per heavy atom. The van der Waals surface area contributed by atoms with Crippen molar-refractivity contribution in [2.75, 3.05) is 5.32 Å². The van der Waals surface area contributed by atoms with Gasteiger partial charge in [-0.1, -0.05) is 13.8 Å². The van der Waals surface area contributed by atoms with E-state index in [2.05, 4.69) is 10.3 Å². The molecule has 0 fully saturated rings. The Labute approximate surface area is 172 Å². The molecular formula is C21H20N4O5. The predicted molar refractivity (Wildman–Crippen MR) is 110 cm³/mol. The normalized spacial score (nSPS) is 10.7. The van der Waals surface area contributed by atoms with Gasteiger partial charge >= 0.3 is 5.69 Å². The topological polar surface area (TPSA) is 116 Å². The molecule has 0 aliphatic heterocycles. The molecule has 0 aliphatic rings. The van der Waals surface area contributed by atoms with Gasteiger partial charge in [-0.2, -0.15) is 0 Å². The van der Waals surface area contributed by atoms with Crippen molar-refractivity contribution in [1.29, 1.82) is 0 Å². The number of nitrogens with zero attached hydrogens (tertiary/aromatic N) is 3. The lowest BCUT2D eigenvalue weighted by molar-refractivity contribution is -0.385. The summed E-state index contributed by atoms with van der Waals surface area (Å²) in [5.41, 5.74) is 0.383. The molecule has 1 amide bonds. The fourth-order valence-corrected chi connectivity index (χ4v) is 2.62. The first kappa shape index (κ1) is 20.7. The summed E-state index contributed by atoms with van der Waals surface area (Å²) in [4.78, 5) is 39.2. The van der Waals surface area contributed by atoms with Gasteiger partial charge in [-0.15, -0.1) is 0 Å². The molecule has 1 N–H and O–H groups in total. The van der Waals surface area contributed by atoms with Crippen molar-refractivity contribution in [2.45, 2.75) is 13.8 Å². The lowest BCUT2D eigenvalue weighted by atomic mass is 10.1. The van der Waals surface area contributed by atoms with E-state index in [4.69, 9.17) is 4.74 Å². The number of aromatic nitrogens is 2. The molecule has 0 atom stereocenters. The van der Waals surface area contributed by atoms with Crippen molar-refractivity contribution < 1.29 is 19.2 Å². The number of nitro benzene ring substituents is 1. The Morgan fingerprint density at radius 3 is 2.43 bits per heavy atom. The van der Waals surface area contributed by atoms with Crippen LogP contribution in [-0.2, 0) is 11.8 Å². The van der Waals surface area contributed by atoms with Crippen LogP contribution < -0.4 is 10.1 Å². The van der Waals surface area contributed by atoms with Crippen molar-refractivity contribution in [3.05, 3.63) is 76.4 Å². The van der Waals surface area contributed by atoms with Crippen LogP contribution in [0.15, 0.2) is 54.9 Å². The number of hydrogen-bond acceptors (Lipinski definition) is 6. The summed E-state index contributed by atoms with van der Waals surface area (Å²) in [5.74, 6) is -0.179. The zero-order valence-corrected chi connectivity index (χ0v) is 16.7. The lowest BCUT2D eigenvalue weighted by Gasteiger charge is -2.10. The third kappa shape index (κ3) is 4.52. The number of nitrogens with one attached hydrogen (secondary N) is 1. The van der Waals surface area contributed by atoms with E-state index in [0.29, 0.717) is 11.4 Å². The Kier molecular flexibility index (Phi) is 5.91. The van der Waals surface area contributed by atoms with Crippen molar-refractivity contribution in [2.24, 2.45) is 13.0 Å². The molecule has 0 unspecified atom stereocenters. The highest BCUT2D eigenvalue weighted by atomic mass is 16.6. The average Bonchev–Trinajstić information content (AvgIpc) is 3.14. The first-order valence-corrected chi connectivity index (χ1v) is 9.15. The van der Waals surface area contributed by atoms with Crippen LogP contribution in [0.5, 0.6) is 11.5 Å². The Hall–Kier alpha value is -4.01. The molecule has 9 heteroatoms. The number of carbonyl (C=O) groups is 2. The molecule has 3 rings (SSSR count). The van der Waals surface area contributed by atoms with Gasteiger partial charge in [0.25, 0.3) is 0 Å². The van der Waals surface area contributed by atoms with E-state index in [-0.39, 0.29) is 34.6 Å². The van der Waals surface area contributed by atoms with Gasteiger partial charge in [0.2, 0.25) is 17.4 Å². The van der Waals surface area contributed by atoms with Crippen LogP contribution in [0, 0.1) is 16.0 Å². The Morgan fingerprint density at radius 1 is 1.17 bits per heavy atom. The van der Waals surface area contributed by atoms with E-state index in [1.54, 1.807) is 51.4 Å². The maximum Gasteiger partial charge on any atom is 0.312 e. The molecule has 3 aromatic rings. The van der Waals surface area contributed by atoms with Crippen LogP contribution in [-0.4, -0.2) is 26.2 Å². The number of ketones is 1. The maximum atomic E-state index is 12.6. The molecule has 2 aromatic carbocycles. The van der Waals surface area contributed by atoms with E-state index < -0.39 is 10.7 Å². The monoisotopic (exact) mass is 408 g/mol. The zero-order valence-electron chi connectivity index (χ0n) is 16.7. The van der Waals surface area contributed by atoms with E-state index in [0.717, 1.165) is 0 Å². The van der Waals surface area contributed by atoms with Crippen LogP contribution in [0.2, 0.25) is 0 Å².